The van der Waals surface area contributed by atoms with Gasteiger partial charge in [0.2, 0.25) is 0 Å². The first kappa shape index (κ1) is 44.5. The zero-order valence-electron chi connectivity index (χ0n) is 42.6. The van der Waals surface area contributed by atoms with Gasteiger partial charge in [0.05, 0.1) is 27.8 Å². The van der Waals surface area contributed by atoms with Crippen molar-refractivity contribution in [1.29, 1.82) is 0 Å². The van der Waals surface area contributed by atoms with Gasteiger partial charge in [0, 0.05) is 49.3 Å². The molecule has 77 heavy (non-hydrogen) atoms. The predicted molar refractivity (Wildman–Crippen MR) is 319 cm³/mol. The van der Waals surface area contributed by atoms with Gasteiger partial charge in [-0.15, -0.1) is 0 Å². The second-order valence-electron chi connectivity index (χ2n) is 20.7. The third-order valence-corrected chi connectivity index (χ3v) is 16.0. The Labute approximate surface area is 446 Å². The van der Waals surface area contributed by atoms with Gasteiger partial charge in [-0.25, -0.2) is 15.0 Å². The molecule has 3 aromatic heterocycles. The maximum atomic E-state index is 5.56. The largest absolute Gasteiger partial charge is 0.309 e. The van der Waals surface area contributed by atoms with Gasteiger partial charge in [-0.3, -0.25) is 0 Å². The van der Waals surface area contributed by atoms with Crippen LogP contribution in [0.2, 0.25) is 0 Å². The first-order valence-corrected chi connectivity index (χ1v) is 26.4. The van der Waals surface area contributed by atoms with Gasteiger partial charge >= 0.3 is 0 Å². The van der Waals surface area contributed by atoms with Gasteiger partial charge in [0.25, 0.3) is 0 Å². The smallest absolute Gasteiger partial charge is 0.166 e. The number of rotatable bonds is 8. The molecule has 0 unspecified atom stereocenters. The molecule has 3 heterocycles. The van der Waals surface area contributed by atoms with Crippen LogP contribution in [0.3, 0.4) is 0 Å². The predicted octanol–water partition coefficient (Wildman–Crippen LogP) is 18.4. The molecule has 15 rings (SSSR count). The second kappa shape index (κ2) is 17.6. The molecule has 0 spiro atoms. The van der Waals surface area contributed by atoms with Gasteiger partial charge in [-0.05, 0) is 110 Å². The molecule has 0 fully saturated rings. The Hall–Kier alpha value is -9.97. The average Bonchev–Trinajstić information content (AvgIpc) is 4.14. The lowest BCUT2D eigenvalue weighted by Gasteiger charge is -2.24. The number of hydrogen-bond acceptors (Lipinski definition) is 3. The highest BCUT2D eigenvalue weighted by molar-refractivity contribution is 6.22. The summed E-state index contributed by atoms with van der Waals surface area (Å²) >= 11 is 0. The Morgan fingerprint density at radius 1 is 0.299 bits per heavy atom. The van der Waals surface area contributed by atoms with Crippen molar-refractivity contribution >= 4 is 43.6 Å². The molecule has 1 aliphatic carbocycles. The summed E-state index contributed by atoms with van der Waals surface area (Å²) < 4.78 is 4.85. The molecule has 0 saturated heterocycles. The molecular weight excluding hydrogens is 935 g/mol. The number of aromatic nitrogens is 5. The van der Waals surface area contributed by atoms with E-state index >= 15 is 0 Å². The lowest BCUT2D eigenvalue weighted by molar-refractivity contribution is 0.661. The first-order valence-electron chi connectivity index (χ1n) is 26.4. The van der Waals surface area contributed by atoms with E-state index in [0.717, 1.165) is 55.7 Å². The van der Waals surface area contributed by atoms with Crippen LogP contribution in [0.1, 0.15) is 25.0 Å². The first-order chi connectivity index (χ1) is 38.0. The van der Waals surface area contributed by atoms with Crippen LogP contribution in [0.5, 0.6) is 0 Å². The quantitative estimate of drug-likeness (QED) is 0.152. The van der Waals surface area contributed by atoms with E-state index in [1.54, 1.807) is 0 Å². The van der Waals surface area contributed by atoms with Crippen LogP contribution in [0.25, 0.3) is 134 Å². The van der Waals surface area contributed by atoms with E-state index in [1.807, 2.05) is 0 Å². The second-order valence-corrected chi connectivity index (χ2v) is 20.7. The van der Waals surface area contributed by atoms with Gasteiger partial charge in [0.15, 0.2) is 17.5 Å². The van der Waals surface area contributed by atoms with E-state index in [9.17, 15) is 0 Å². The van der Waals surface area contributed by atoms with Crippen molar-refractivity contribution in [2.45, 2.75) is 19.3 Å². The molecule has 0 radical (unpaired) electrons. The summed E-state index contributed by atoms with van der Waals surface area (Å²) in [6.45, 7) is 4.64. The van der Waals surface area contributed by atoms with Crippen molar-refractivity contribution in [3.63, 3.8) is 0 Å². The Balaban J connectivity index is 0.958. The molecule has 0 N–H and O–H groups in total. The summed E-state index contributed by atoms with van der Waals surface area (Å²) in [6, 6.07) is 93.8. The fourth-order valence-corrected chi connectivity index (χ4v) is 12.6. The molecule has 11 aromatic carbocycles. The number of nitrogens with zero attached hydrogens (tertiary/aromatic N) is 5. The van der Waals surface area contributed by atoms with Crippen molar-refractivity contribution < 1.29 is 0 Å². The number of para-hydroxylation sites is 3. The van der Waals surface area contributed by atoms with Crippen molar-refractivity contribution in [2.75, 3.05) is 0 Å². The Morgan fingerprint density at radius 2 is 0.779 bits per heavy atom. The molecule has 1 aliphatic rings. The van der Waals surface area contributed by atoms with Crippen LogP contribution in [0.15, 0.2) is 261 Å². The van der Waals surface area contributed by atoms with Crippen LogP contribution >= 0.6 is 0 Å². The SMILES string of the molecule is CC1(C)c2ccccc2-c2cccc(-c3nc(-c4cccc(-c5ccccc5)c4)nc(-c4ccccc4-n4c5ccccc5c5c(-c6cccc7c6c6ccc(-c8ccccc8)cc6n7-c6ccccc6)cccc54)n3)c21. The molecule has 5 nitrogen and oxygen atoms in total. The fraction of sp³-hybridized carbons (Fsp3) is 0.0417. The fourth-order valence-electron chi connectivity index (χ4n) is 12.6. The lowest BCUT2D eigenvalue weighted by atomic mass is 9.80. The van der Waals surface area contributed by atoms with E-state index in [1.165, 1.54) is 71.6 Å². The lowest BCUT2D eigenvalue weighted by Crippen LogP contribution is -2.17. The zero-order chi connectivity index (χ0) is 51.2. The zero-order valence-corrected chi connectivity index (χ0v) is 42.6. The maximum absolute atomic E-state index is 5.56. The average molecular weight is 984 g/mol. The standard InChI is InChI=1S/C72H49N5/c1-72(2)60-37-15-12-30-52(60)55-35-19-36-59(68(55)72)71-74-69(50-27-18-26-48(44-50)46-22-6-3-7-23-46)73-70(75-71)58-32-14-17-39-62(58)77-61-38-16-13-31-56(61)66-53(34-21-41-64(66)77)54-33-20-40-63-67(54)57-43-42-49(47-24-8-4-9-25-47)45-65(57)76(63)51-28-10-5-11-29-51/h3-45H,1-2H3. The Bertz CT molecular complexity index is 4640. The minimum Gasteiger partial charge on any atom is -0.309 e. The highest BCUT2D eigenvalue weighted by Gasteiger charge is 2.38. The molecule has 0 saturated carbocycles. The van der Waals surface area contributed by atoms with Crippen molar-refractivity contribution in [3.05, 3.63) is 272 Å². The van der Waals surface area contributed by atoms with Crippen LogP contribution in [-0.4, -0.2) is 24.1 Å². The summed E-state index contributed by atoms with van der Waals surface area (Å²) in [6.07, 6.45) is 0. The molecule has 0 atom stereocenters. The summed E-state index contributed by atoms with van der Waals surface area (Å²) in [5.74, 6) is 1.87. The van der Waals surface area contributed by atoms with Crippen LogP contribution in [0, 0.1) is 0 Å². The number of hydrogen-bond donors (Lipinski definition) is 0. The summed E-state index contributed by atoms with van der Waals surface area (Å²) in [4.78, 5) is 16.5. The van der Waals surface area contributed by atoms with Crippen molar-refractivity contribution in [3.8, 4) is 90.0 Å². The van der Waals surface area contributed by atoms with E-state index in [0.29, 0.717) is 17.5 Å². The van der Waals surface area contributed by atoms with Crippen LogP contribution in [-0.2, 0) is 5.41 Å². The van der Waals surface area contributed by atoms with Gasteiger partial charge in [-0.2, -0.15) is 0 Å². The number of fused-ring (bicyclic) bond motifs is 9. The monoisotopic (exact) mass is 983 g/mol. The molecule has 0 aliphatic heterocycles. The minimum atomic E-state index is -0.285. The van der Waals surface area contributed by atoms with Crippen molar-refractivity contribution in [2.24, 2.45) is 0 Å². The third-order valence-electron chi connectivity index (χ3n) is 16.0. The number of benzene rings is 11. The van der Waals surface area contributed by atoms with E-state index < -0.39 is 0 Å². The third kappa shape index (κ3) is 7.04. The molecule has 14 aromatic rings. The Kier molecular flexibility index (Phi) is 10.2. The van der Waals surface area contributed by atoms with Gasteiger partial charge in [-0.1, -0.05) is 220 Å². The molecule has 5 heteroatoms. The molecule has 0 bridgehead atoms. The minimum absolute atomic E-state index is 0.285. The summed E-state index contributed by atoms with van der Waals surface area (Å²) in [7, 11) is 0. The van der Waals surface area contributed by atoms with Crippen molar-refractivity contribution in [1.82, 2.24) is 24.1 Å². The van der Waals surface area contributed by atoms with Gasteiger partial charge < -0.3 is 9.13 Å². The summed E-state index contributed by atoms with van der Waals surface area (Å²) in [5, 5.41) is 4.77. The highest BCUT2D eigenvalue weighted by atomic mass is 15.1. The molecule has 362 valence electrons. The molecular formula is C72H49N5. The summed E-state index contributed by atoms with van der Waals surface area (Å²) in [5.41, 5.74) is 21.1. The van der Waals surface area contributed by atoms with E-state index in [4.69, 9.17) is 15.0 Å². The van der Waals surface area contributed by atoms with Crippen LogP contribution < -0.4 is 0 Å². The Morgan fingerprint density at radius 3 is 1.52 bits per heavy atom. The molecule has 0 amide bonds. The normalized spacial score (nSPS) is 12.6. The van der Waals surface area contributed by atoms with Gasteiger partial charge in [0.1, 0.15) is 0 Å². The van der Waals surface area contributed by atoms with Crippen LogP contribution in [0.4, 0.5) is 0 Å². The van der Waals surface area contributed by atoms with E-state index in [-0.39, 0.29) is 5.41 Å². The highest BCUT2D eigenvalue weighted by Crippen LogP contribution is 2.52. The maximum Gasteiger partial charge on any atom is 0.166 e. The van der Waals surface area contributed by atoms with E-state index in [2.05, 4.69) is 284 Å². The topological polar surface area (TPSA) is 48.5 Å².